The van der Waals surface area contributed by atoms with Gasteiger partial charge in [-0.1, -0.05) is 29.5 Å². The van der Waals surface area contributed by atoms with Crippen molar-refractivity contribution in [3.8, 4) is 0 Å². The van der Waals surface area contributed by atoms with Gasteiger partial charge in [-0.3, -0.25) is 9.59 Å². The monoisotopic (exact) mass is 501 g/mol. The maximum atomic E-state index is 13.2. The van der Waals surface area contributed by atoms with E-state index in [1.165, 1.54) is 22.8 Å². The molecule has 1 aliphatic heterocycles. The molecule has 180 valence electrons. The molecule has 2 aromatic carbocycles. The van der Waals surface area contributed by atoms with E-state index in [4.69, 9.17) is 4.74 Å². The number of carbonyl (C=O) groups is 2. The molecule has 3 aromatic rings. The van der Waals surface area contributed by atoms with Crippen LogP contribution in [0.15, 0.2) is 52.4 Å². The molecule has 1 saturated heterocycles. The minimum absolute atomic E-state index is 0.0652. The lowest BCUT2D eigenvalue weighted by atomic mass is 9.99. The van der Waals surface area contributed by atoms with E-state index in [-0.39, 0.29) is 23.9 Å². The molecular formula is C24H27N3O5S2. The number of aromatic nitrogens is 1. The van der Waals surface area contributed by atoms with Gasteiger partial charge in [-0.05, 0) is 62.1 Å². The summed E-state index contributed by atoms with van der Waals surface area (Å²) >= 11 is 1.33. The molecule has 8 nitrogen and oxygen atoms in total. The van der Waals surface area contributed by atoms with Crippen molar-refractivity contribution in [2.24, 2.45) is 10.9 Å². The molecule has 1 aromatic heterocycles. The molecule has 0 N–H and O–H groups in total. The molecule has 0 spiro atoms. The lowest BCUT2D eigenvalue weighted by Crippen LogP contribution is -2.42. The Balaban J connectivity index is 1.67. The van der Waals surface area contributed by atoms with E-state index >= 15 is 0 Å². The van der Waals surface area contributed by atoms with Crippen molar-refractivity contribution in [2.75, 3.05) is 20.2 Å². The van der Waals surface area contributed by atoms with Crippen LogP contribution in [0.25, 0.3) is 10.2 Å². The van der Waals surface area contributed by atoms with E-state index in [1.807, 2.05) is 26.0 Å². The van der Waals surface area contributed by atoms with Gasteiger partial charge in [0.15, 0.2) is 4.80 Å². The number of hydrogen-bond donors (Lipinski definition) is 0. The first-order chi connectivity index (χ1) is 16.2. The van der Waals surface area contributed by atoms with Crippen LogP contribution < -0.4 is 4.80 Å². The van der Waals surface area contributed by atoms with E-state index in [0.717, 1.165) is 21.3 Å². The second kappa shape index (κ2) is 9.81. The Morgan fingerprint density at radius 2 is 1.85 bits per heavy atom. The van der Waals surface area contributed by atoms with Gasteiger partial charge in [-0.2, -0.15) is 9.30 Å². The third kappa shape index (κ3) is 4.84. The van der Waals surface area contributed by atoms with Crippen LogP contribution in [0.4, 0.5) is 0 Å². The number of hydrogen-bond acceptors (Lipinski definition) is 6. The highest BCUT2D eigenvalue weighted by molar-refractivity contribution is 7.89. The average Bonchev–Trinajstić information content (AvgIpc) is 3.15. The molecule has 0 bridgehead atoms. The fourth-order valence-electron chi connectivity index (χ4n) is 4.04. The number of carbonyl (C=O) groups excluding carboxylic acids is 2. The van der Waals surface area contributed by atoms with Gasteiger partial charge in [-0.25, -0.2) is 8.42 Å². The number of aryl methyl sites for hydroxylation is 2. The maximum absolute atomic E-state index is 13.2. The van der Waals surface area contributed by atoms with Crippen molar-refractivity contribution < 1.29 is 22.7 Å². The number of methoxy groups -OCH3 is 1. The maximum Gasteiger partial charge on any atom is 0.325 e. The molecule has 1 amide bonds. The average molecular weight is 502 g/mol. The normalized spacial score (nSPS) is 17.7. The summed E-state index contributed by atoms with van der Waals surface area (Å²) in [5.74, 6) is -1.37. The second-order valence-electron chi connectivity index (χ2n) is 8.42. The topological polar surface area (TPSA) is 98.0 Å². The molecular weight excluding hydrogens is 474 g/mol. The number of amides is 1. The molecule has 2 heterocycles. The van der Waals surface area contributed by atoms with Crippen molar-refractivity contribution in [3.63, 3.8) is 0 Å². The Morgan fingerprint density at radius 3 is 2.56 bits per heavy atom. The summed E-state index contributed by atoms with van der Waals surface area (Å²) in [6, 6.07) is 12.2. The molecule has 1 unspecified atom stereocenters. The van der Waals surface area contributed by atoms with E-state index in [1.54, 1.807) is 34.9 Å². The highest BCUT2D eigenvalue weighted by Gasteiger charge is 2.33. The van der Waals surface area contributed by atoms with Crippen molar-refractivity contribution in [1.82, 2.24) is 8.87 Å². The number of fused-ring (bicyclic) bond motifs is 1. The van der Waals surface area contributed by atoms with Gasteiger partial charge in [0, 0.05) is 13.1 Å². The number of piperidine rings is 1. The molecule has 1 fully saturated rings. The van der Waals surface area contributed by atoms with E-state index in [0.29, 0.717) is 24.2 Å². The highest BCUT2D eigenvalue weighted by atomic mass is 32.2. The van der Waals surface area contributed by atoms with Crippen molar-refractivity contribution in [2.45, 2.75) is 38.1 Å². The third-order valence-electron chi connectivity index (χ3n) is 6.13. The van der Waals surface area contributed by atoms with Crippen molar-refractivity contribution in [1.29, 1.82) is 0 Å². The van der Waals surface area contributed by atoms with Crippen LogP contribution in [0.2, 0.25) is 0 Å². The molecule has 1 atom stereocenters. The number of thiazole rings is 1. The molecule has 0 radical (unpaired) electrons. The van der Waals surface area contributed by atoms with Gasteiger partial charge in [0.05, 0.1) is 28.1 Å². The van der Waals surface area contributed by atoms with Crippen molar-refractivity contribution >= 4 is 43.5 Å². The van der Waals surface area contributed by atoms with Gasteiger partial charge in [0.1, 0.15) is 6.54 Å². The molecule has 4 rings (SSSR count). The summed E-state index contributed by atoms with van der Waals surface area (Å²) in [4.78, 5) is 30.2. The fourth-order valence-corrected chi connectivity index (χ4v) is 6.70. The van der Waals surface area contributed by atoms with Gasteiger partial charge in [0.2, 0.25) is 10.0 Å². The summed E-state index contributed by atoms with van der Waals surface area (Å²) in [6.45, 7) is 4.38. The predicted octanol–water partition coefficient (Wildman–Crippen LogP) is 3.02. The Hall–Kier alpha value is -2.82. The second-order valence-corrected chi connectivity index (χ2v) is 11.4. The van der Waals surface area contributed by atoms with Gasteiger partial charge in [-0.15, -0.1) is 0 Å². The number of ether oxygens (including phenoxy) is 1. The first-order valence-corrected chi connectivity index (χ1v) is 13.3. The Bertz CT molecular complexity index is 1410. The zero-order chi connectivity index (χ0) is 24.5. The van der Waals surface area contributed by atoms with E-state index in [9.17, 15) is 18.0 Å². The first-order valence-electron chi connectivity index (χ1n) is 11.0. The summed E-state index contributed by atoms with van der Waals surface area (Å²) in [5.41, 5.74) is 2.98. The minimum Gasteiger partial charge on any atom is -0.468 e. The third-order valence-corrected chi connectivity index (χ3v) is 9.05. The SMILES string of the molecule is COC(=O)Cn1c(=NC(=O)C2CCCN(S(=O)(=O)c3ccccc3)C2)sc2cc(C)c(C)cc21. The standard InChI is InChI=1S/C24H27N3O5S2/c1-16-12-20-21(13-17(16)2)33-24(27(20)15-22(28)32-3)25-23(29)18-8-7-11-26(14-18)34(30,31)19-9-5-4-6-10-19/h4-6,9-10,12-13,18H,7-8,11,14-15H2,1-3H3. The van der Waals surface area contributed by atoms with Crippen LogP contribution >= 0.6 is 11.3 Å². The zero-order valence-corrected chi connectivity index (χ0v) is 21.0. The zero-order valence-electron chi connectivity index (χ0n) is 19.4. The van der Waals surface area contributed by atoms with Crippen LogP contribution in [0.3, 0.4) is 0 Å². The number of rotatable bonds is 5. The predicted molar refractivity (Wildman–Crippen MR) is 130 cm³/mol. The van der Waals surface area contributed by atoms with Crippen LogP contribution in [0.5, 0.6) is 0 Å². The van der Waals surface area contributed by atoms with Crippen LogP contribution in [-0.4, -0.2) is 49.4 Å². The lowest BCUT2D eigenvalue weighted by Gasteiger charge is -2.30. The van der Waals surface area contributed by atoms with Crippen molar-refractivity contribution in [3.05, 3.63) is 58.4 Å². The largest absolute Gasteiger partial charge is 0.468 e. The number of sulfonamides is 1. The smallest absolute Gasteiger partial charge is 0.325 e. The summed E-state index contributed by atoms with van der Waals surface area (Å²) in [7, 11) is -2.37. The molecule has 0 aliphatic carbocycles. The number of nitrogens with zero attached hydrogens (tertiary/aromatic N) is 3. The number of benzene rings is 2. The fraction of sp³-hybridized carbons (Fsp3) is 0.375. The Morgan fingerprint density at radius 1 is 1.15 bits per heavy atom. The highest BCUT2D eigenvalue weighted by Crippen LogP contribution is 2.25. The van der Waals surface area contributed by atoms with E-state index < -0.39 is 21.9 Å². The van der Waals surface area contributed by atoms with Crippen LogP contribution in [0, 0.1) is 19.8 Å². The van der Waals surface area contributed by atoms with Crippen LogP contribution in [0.1, 0.15) is 24.0 Å². The first kappa shape index (κ1) is 24.3. The van der Waals surface area contributed by atoms with Gasteiger partial charge >= 0.3 is 5.97 Å². The van der Waals surface area contributed by atoms with Gasteiger partial charge in [0.25, 0.3) is 5.91 Å². The molecule has 10 heteroatoms. The molecule has 1 aliphatic rings. The Labute approximate surface area is 202 Å². The quantitative estimate of drug-likeness (QED) is 0.501. The van der Waals surface area contributed by atoms with E-state index in [2.05, 4.69) is 4.99 Å². The molecule has 34 heavy (non-hydrogen) atoms. The lowest BCUT2D eigenvalue weighted by molar-refractivity contribution is -0.141. The Kier molecular flexibility index (Phi) is 7.01. The summed E-state index contributed by atoms with van der Waals surface area (Å²) in [5, 5.41) is 0. The summed E-state index contributed by atoms with van der Waals surface area (Å²) in [6.07, 6.45) is 1.13. The molecule has 0 saturated carbocycles. The minimum atomic E-state index is -3.68. The van der Waals surface area contributed by atoms with Crippen LogP contribution in [-0.2, 0) is 30.9 Å². The summed E-state index contributed by atoms with van der Waals surface area (Å²) < 4.78 is 34.9. The number of esters is 1. The van der Waals surface area contributed by atoms with Gasteiger partial charge < -0.3 is 9.30 Å².